The molecule has 1 atom stereocenters. The van der Waals surface area contributed by atoms with Crippen LogP contribution in [-0.2, 0) is 0 Å². The van der Waals surface area contributed by atoms with Gasteiger partial charge in [-0.1, -0.05) is 52.0 Å². The molecule has 0 saturated carbocycles. The van der Waals surface area contributed by atoms with E-state index in [1.807, 2.05) is 26.0 Å². The van der Waals surface area contributed by atoms with Crippen LogP contribution in [0.25, 0.3) is 0 Å². The van der Waals surface area contributed by atoms with Crippen molar-refractivity contribution in [3.63, 3.8) is 0 Å². The lowest BCUT2D eigenvalue weighted by Gasteiger charge is -2.14. The van der Waals surface area contributed by atoms with E-state index in [1.54, 1.807) is 0 Å². The number of nitrogens with one attached hydrogen (secondary N) is 2. The maximum atomic E-state index is 12.3. The van der Waals surface area contributed by atoms with Crippen LogP contribution in [0.2, 0.25) is 0 Å². The number of carbonyl (C=O) groups excluding carboxylic acids is 1. The molecule has 5 nitrogen and oxygen atoms in total. The summed E-state index contributed by atoms with van der Waals surface area (Å²) >= 11 is 3.44. The Morgan fingerprint density at radius 3 is 2.20 bits per heavy atom. The Labute approximate surface area is 163 Å². The Balaban J connectivity index is 0.00000312. The van der Waals surface area contributed by atoms with Gasteiger partial charge in [-0.15, -0.1) is 12.4 Å². The van der Waals surface area contributed by atoms with E-state index < -0.39 is 0 Å². The molecule has 0 radical (unpaired) electrons. The first kappa shape index (κ1) is 21.7. The second-order valence-corrected chi connectivity index (χ2v) is 7.39. The highest BCUT2D eigenvalue weighted by atomic mass is 79.9. The molecule has 25 heavy (non-hydrogen) atoms. The minimum atomic E-state index is -0.252. The number of benzene rings is 1. The number of aromatic amines is 1. The van der Waals surface area contributed by atoms with Gasteiger partial charge in [-0.25, -0.2) is 0 Å². The van der Waals surface area contributed by atoms with Crippen LogP contribution in [-0.4, -0.2) is 22.6 Å². The minimum Gasteiger partial charge on any atom is -0.349 e. The van der Waals surface area contributed by atoms with Gasteiger partial charge >= 0.3 is 0 Å². The number of hydrogen-bond acceptors (Lipinski definition) is 3. The molecule has 4 N–H and O–H groups in total. The molecular formula is C18H26BrClN4O. The van der Waals surface area contributed by atoms with Gasteiger partial charge in [0.1, 0.15) is 0 Å². The van der Waals surface area contributed by atoms with Crippen molar-refractivity contribution in [2.24, 2.45) is 5.73 Å². The molecule has 1 heterocycles. The molecule has 0 aliphatic heterocycles. The molecule has 1 unspecified atom stereocenters. The van der Waals surface area contributed by atoms with E-state index in [0.29, 0.717) is 22.6 Å². The number of aromatic nitrogens is 2. The second kappa shape index (κ2) is 9.36. The molecule has 2 rings (SSSR count). The third-order valence-electron chi connectivity index (χ3n) is 4.04. The van der Waals surface area contributed by atoms with Gasteiger partial charge in [-0.3, -0.25) is 9.89 Å². The molecule has 2 aromatic rings. The maximum Gasteiger partial charge on any atom is 0.273 e. The molecule has 0 fully saturated rings. The van der Waals surface area contributed by atoms with Crippen LogP contribution >= 0.6 is 28.3 Å². The standard InChI is InChI=1S/C18H25BrN4O.ClH/c1-10(2)12-5-7-13(8-6-12)14(20)9-21-18(24)17-15(19)16(11(3)4)22-23-17;/h5-8,10-11,14H,9,20H2,1-4H3,(H,21,24)(H,22,23);1H. The topological polar surface area (TPSA) is 83.8 Å². The van der Waals surface area contributed by atoms with E-state index in [-0.39, 0.29) is 30.3 Å². The maximum absolute atomic E-state index is 12.3. The number of carbonyl (C=O) groups is 1. The Morgan fingerprint density at radius 2 is 1.72 bits per heavy atom. The van der Waals surface area contributed by atoms with Crippen LogP contribution in [0.5, 0.6) is 0 Å². The number of rotatable bonds is 6. The van der Waals surface area contributed by atoms with E-state index in [2.05, 4.69) is 57.4 Å². The summed E-state index contributed by atoms with van der Waals surface area (Å²) in [5, 5.41) is 9.85. The van der Waals surface area contributed by atoms with E-state index in [9.17, 15) is 4.79 Å². The highest BCUT2D eigenvalue weighted by Crippen LogP contribution is 2.25. The number of amides is 1. The van der Waals surface area contributed by atoms with Gasteiger partial charge in [0.15, 0.2) is 5.69 Å². The van der Waals surface area contributed by atoms with E-state index in [4.69, 9.17) is 5.73 Å². The quantitative estimate of drug-likeness (QED) is 0.641. The molecule has 138 valence electrons. The predicted molar refractivity (Wildman–Crippen MR) is 107 cm³/mol. The first-order valence-electron chi connectivity index (χ1n) is 8.18. The molecule has 1 amide bonds. The van der Waals surface area contributed by atoms with Crippen molar-refractivity contribution in [1.29, 1.82) is 0 Å². The SMILES string of the molecule is CC(C)c1ccc(C(N)CNC(=O)c2n[nH]c(C(C)C)c2Br)cc1.Cl. The lowest BCUT2D eigenvalue weighted by molar-refractivity contribution is 0.0945. The molecule has 0 aliphatic rings. The fourth-order valence-electron chi connectivity index (χ4n) is 2.41. The summed E-state index contributed by atoms with van der Waals surface area (Å²) in [6.45, 7) is 8.74. The number of halogens is 2. The smallest absolute Gasteiger partial charge is 0.273 e. The molecule has 0 aliphatic carbocycles. The van der Waals surface area contributed by atoms with E-state index in [0.717, 1.165) is 11.3 Å². The zero-order chi connectivity index (χ0) is 17.9. The van der Waals surface area contributed by atoms with E-state index in [1.165, 1.54) is 5.56 Å². The fraction of sp³-hybridized carbons (Fsp3) is 0.444. The van der Waals surface area contributed by atoms with Gasteiger partial charge in [0.2, 0.25) is 0 Å². The van der Waals surface area contributed by atoms with Crippen molar-refractivity contribution in [2.45, 2.75) is 45.6 Å². The van der Waals surface area contributed by atoms with Crippen molar-refractivity contribution in [3.8, 4) is 0 Å². The predicted octanol–water partition coefficient (Wildman–Crippen LogP) is 4.27. The van der Waals surface area contributed by atoms with Crippen LogP contribution in [0.1, 0.15) is 72.9 Å². The lowest BCUT2D eigenvalue weighted by atomic mass is 9.99. The Bertz CT molecular complexity index is 698. The van der Waals surface area contributed by atoms with Gasteiger partial charge in [-0.05, 0) is 38.9 Å². The average Bonchev–Trinajstić information content (AvgIpc) is 2.94. The summed E-state index contributed by atoms with van der Waals surface area (Å²) in [5.41, 5.74) is 9.74. The van der Waals surface area contributed by atoms with Crippen LogP contribution in [0.3, 0.4) is 0 Å². The number of H-pyrrole nitrogens is 1. The molecule has 1 aromatic carbocycles. The van der Waals surface area contributed by atoms with Crippen molar-refractivity contribution in [1.82, 2.24) is 15.5 Å². The normalized spacial score (nSPS) is 12.2. The summed E-state index contributed by atoms with van der Waals surface area (Å²) in [5.74, 6) is 0.511. The molecular weight excluding hydrogens is 404 g/mol. The van der Waals surface area contributed by atoms with Gasteiger partial charge in [-0.2, -0.15) is 5.10 Å². The Kier molecular flexibility index (Phi) is 8.12. The van der Waals surface area contributed by atoms with Gasteiger partial charge in [0.25, 0.3) is 5.91 Å². The minimum absolute atomic E-state index is 0. The van der Waals surface area contributed by atoms with Gasteiger partial charge < -0.3 is 11.1 Å². The fourth-order valence-corrected chi connectivity index (χ4v) is 3.22. The summed E-state index contributed by atoms with van der Waals surface area (Å²) in [6, 6.07) is 7.96. The van der Waals surface area contributed by atoms with Crippen molar-refractivity contribution in [3.05, 3.63) is 51.3 Å². The van der Waals surface area contributed by atoms with E-state index >= 15 is 0 Å². The molecule has 7 heteroatoms. The first-order valence-corrected chi connectivity index (χ1v) is 8.98. The largest absolute Gasteiger partial charge is 0.349 e. The third-order valence-corrected chi connectivity index (χ3v) is 4.84. The summed E-state index contributed by atoms with van der Waals surface area (Å²) < 4.78 is 0.713. The first-order chi connectivity index (χ1) is 11.3. The highest BCUT2D eigenvalue weighted by molar-refractivity contribution is 9.10. The van der Waals surface area contributed by atoms with Gasteiger partial charge in [0, 0.05) is 12.6 Å². The van der Waals surface area contributed by atoms with Crippen molar-refractivity contribution >= 4 is 34.2 Å². The number of nitrogens with zero attached hydrogens (tertiary/aromatic N) is 1. The third kappa shape index (κ3) is 5.30. The number of hydrogen-bond donors (Lipinski definition) is 3. The Hall–Kier alpha value is -1.37. The van der Waals surface area contributed by atoms with Crippen LogP contribution in [0.4, 0.5) is 0 Å². The molecule has 0 saturated heterocycles. The summed E-state index contributed by atoms with van der Waals surface area (Å²) in [4.78, 5) is 12.3. The van der Waals surface area contributed by atoms with Crippen molar-refractivity contribution < 1.29 is 4.79 Å². The monoisotopic (exact) mass is 428 g/mol. The Morgan fingerprint density at radius 1 is 1.16 bits per heavy atom. The van der Waals surface area contributed by atoms with Crippen LogP contribution in [0, 0.1) is 0 Å². The average molecular weight is 430 g/mol. The lowest BCUT2D eigenvalue weighted by Crippen LogP contribution is -2.32. The molecule has 0 bridgehead atoms. The van der Waals surface area contributed by atoms with Crippen LogP contribution in [0.15, 0.2) is 28.7 Å². The zero-order valence-electron chi connectivity index (χ0n) is 15.0. The van der Waals surface area contributed by atoms with Gasteiger partial charge in [0.05, 0.1) is 10.2 Å². The zero-order valence-corrected chi connectivity index (χ0v) is 17.4. The highest BCUT2D eigenvalue weighted by Gasteiger charge is 2.19. The molecule has 0 spiro atoms. The summed E-state index contributed by atoms with van der Waals surface area (Å²) in [7, 11) is 0. The molecule has 1 aromatic heterocycles. The second-order valence-electron chi connectivity index (χ2n) is 6.59. The van der Waals surface area contributed by atoms with Crippen LogP contribution < -0.4 is 11.1 Å². The number of nitrogens with two attached hydrogens (primary N) is 1. The summed E-state index contributed by atoms with van der Waals surface area (Å²) in [6.07, 6.45) is 0. The van der Waals surface area contributed by atoms with Crippen molar-refractivity contribution in [2.75, 3.05) is 6.54 Å².